The Morgan fingerprint density at radius 2 is 2.00 bits per heavy atom. The molecule has 1 aliphatic heterocycles. The zero-order valence-corrected chi connectivity index (χ0v) is 13.7. The van der Waals surface area contributed by atoms with E-state index in [9.17, 15) is 22.4 Å². The first-order chi connectivity index (χ1) is 10.7. The van der Waals surface area contributed by atoms with Crippen molar-refractivity contribution < 1.29 is 27.1 Å². The molecule has 0 saturated carbocycles. The van der Waals surface area contributed by atoms with Crippen molar-refractivity contribution in [1.82, 2.24) is 4.90 Å². The number of esters is 1. The Morgan fingerprint density at radius 1 is 1.35 bits per heavy atom. The van der Waals surface area contributed by atoms with Gasteiger partial charge in [-0.3, -0.25) is 4.79 Å². The van der Waals surface area contributed by atoms with Crippen molar-refractivity contribution in [2.75, 3.05) is 18.6 Å². The molecule has 8 heteroatoms. The molecular formula is C15H18FNO5S. The first kappa shape index (κ1) is 17.4. The minimum Gasteiger partial charge on any atom is -0.449 e. The number of hydrogen-bond acceptors (Lipinski definition) is 5. The third-order valence-electron chi connectivity index (χ3n) is 3.83. The third kappa shape index (κ3) is 4.07. The molecule has 1 aromatic carbocycles. The quantitative estimate of drug-likeness (QED) is 0.763. The van der Waals surface area contributed by atoms with Crippen LogP contribution in [0.3, 0.4) is 0 Å². The maximum Gasteiger partial charge on any atom is 0.341 e. The average molecular weight is 343 g/mol. The van der Waals surface area contributed by atoms with Crippen molar-refractivity contribution in [2.24, 2.45) is 0 Å². The van der Waals surface area contributed by atoms with Crippen LogP contribution in [0, 0.1) is 5.82 Å². The van der Waals surface area contributed by atoms with Gasteiger partial charge in [0.05, 0.1) is 17.1 Å². The number of nitrogens with zero attached hydrogens (tertiary/aromatic N) is 1. The molecule has 0 N–H and O–H groups in total. The number of amides is 1. The number of carbonyl (C=O) groups excluding carboxylic acids is 2. The number of carbonyl (C=O) groups is 2. The number of benzene rings is 1. The maximum absolute atomic E-state index is 13.5. The van der Waals surface area contributed by atoms with Crippen LogP contribution in [0.1, 0.15) is 23.7 Å². The summed E-state index contributed by atoms with van der Waals surface area (Å²) in [7, 11) is -1.65. The van der Waals surface area contributed by atoms with Crippen molar-refractivity contribution in [1.29, 1.82) is 0 Å². The highest BCUT2D eigenvalue weighted by atomic mass is 32.2. The zero-order chi connectivity index (χ0) is 17.2. The summed E-state index contributed by atoms with van der Waals surface area (Å²) in [6.45, 7) is 1.38. The smallest absolute Gasteiger partial charge is 0.341 e. The van der Waals surface area contributed by atoms with E-state index in [-0.39, 0.29) is 17.1 Å². The summed E-state index contributed by atoms with van der Waals surface area (Å²) >= 11 is 0. The SMILES string of the molecule is C[C@@H](OC(=O)c1ccccc1F)C(=O)N(C)[C@@H]1CCS(=O)(=O)C1. The third-order valence-corrected chi connectivity index (χ3v) is 5.58. The van der Waals surface area contributed by atoms with Crippen molar-refractivity contribution in [2.45, 2.75) is 25.5 Å². The van der Waals surface area contributed by atoms with Gasteiger partial charge in [-0.05, 0) is 25.5 Å². The van der Waals surface area contributed by atoms with Crippen LogP contribution in [0.5, 0.6) is 0 Å². The summed E-state index contributed by atoms with van der Waals surface area (Å²) in [6.07, 6.45) is -0.770. The topological polar surface area (TPSA) is 80.8 Å². The molecule has 0 radical (unpaired) electrons. The fraction of sp³-hybridized carbons (Fsp3) is 0.467. The summed E-state index contributed by atoms with van der Waals surface area (Å²) < 4.78 is 41.5. The van der Waals surface area contributed by atoms with Crippen LogP contribution >= 0.6 is 0 Å². The molecular weight excluding hydrogens is 325 g/mol. The average Bonchev–Trinajstić information content (AvgIpc) is 2.86. The van der Waals surface area contributed by atoms with Crippen LogP contribution in [-0.4, -0.2) is 55.9 Å². The predicted molar refractivity (Wildman–Crippen MR) is 81.1 cm³/mol. The van der Waals surface area contributed by atoms with Gasteiger partial charge in [0.25, 0.3) is 5.91 Å². The molecule has 6 nitrogen and oxygen atoms in total. The lowest BCUT2D eigenvalue weighted by molar-refractivity contribution is -0.140. The second-order valence-corrected chi connectivity index (χ2v) is 7.76. The van der Waals surface area contributed by atoms with Gasteiger partial charge in [-0.1, -0.05) is 12.1 Å². The first-order valence-electron chi connectivity index (χ1n) is 7.14. The highest BCUT2D eigenvalue weighted by molar-refractivity contribution is 7.91. The van der Waals surface area contributed by atoms with Crippen LogP contribution in [-0.2, 0) is 19.4 Å². The van der Waals surface area contributed by atoms with Crippen molar-refractivity contribution >= 4 is 21.7 Å². The number of likely N-dealkylation sites (N-methyl/N-ethyl adjacent to an activating group) is 1. The van der Waals surface area contributed by atoms with E-state index in [1.165, 1.54) is 37.1 Å². The van der Waals surface area contributed by atoms with E-state index < -0.39 is 39.7 Å². The van der Waals surface area contributed by atoms with E-state index in [0.717, 1.165) is 6.07 Å². The fourth-order valence-corrected chi connectivity index (χ4v) is 4.22. The Kier molecular flexibility index (Phi) is 5.03. The molecule has 1 aromatic rings. The molecule has 1 saturated heterocycles. The van der Waals surface area contributed by atoms with Crippen LogP contribution in [0.25, 0.3) is 0 Å². The van der Waals surface area contributed by atoms with E-state index in [1.807, 2.05) is 0 Å². The van der Waals surface area contributed by atoms with Gasteiger partial charge < -0.3 is 9.64 Å². The number of hydrogen-bond donors (Lipinski definition) is 0. The zero-order valence-electron chi connectivity index (χ0n) is 12.9. The minimum absolute atomic E-state index is 0.0404. The summed E-state index contributed by atoms with van der Waals surface area (Å²) in [5.41, 5.74) is -0.252. The highest BCUT2D eigenvalue weighted by Gasteiger charge is 2.35. The Morgan fingerprint density at radius 3 is 2.57 bits per heavy atom. The summed E-state index contributed by atoms with van der Waals surface area (Å²) in [4.78, 5) is 25.4. The summed E-state index contributed by atoms with van der Waals surface area (Å²) in [6, 6.07) is 4.89. The standard InChI is InChI=1S/C15H18FNO5S/c1-10(22-15(19)12-5-3-4-6-13(12)16)14(18)17(2)11-7-8-23(20,21)9-11/h3-6,10-11H,7-9H2,1-2H3/t10-,11-/m1/s1. The molecule has 0 unspecified atom stereocenters. The molecule has 0 bridgehead atoms. The lowest BCUT2D eigenvalue weighted by Crippen LogP contribution is -2.44. The Hall–Kier alpha value is -1.96. The van der Waals surface area contributed by atoms with Gasteiger partial charge in [-0.15, -0.1) is 0 Å². The second kappa shape index (κ2) is 6.66. The minimum atomic E-state index is -3.12. The van der Waals surface area contributed by atoms with Gasteiger partial charge in [0, 0.05) is 13.1 Å². The van der Waals surface area contributed by atoms with Gasteiger partial charge in [-0.25, -0.2) is 17.6 Å². The second-order valence-electron chi connectivity index (χ2n) is 5.53. The van der Waals surface area contributed by atoms with Gasteiger partial charge in [0.15, 0.2) is 15.9 Å². The number of ether oxygens (including phenoxy) is 1. The van der Waals surface area contributed by atoms with Crippen molar-refractivity contribution in [3.05, 3.63) is 35.6 Å². The molecule has 1 fully saturated rings. The van der Waals surface area contributed by atoms with E-state index in [4.69, 9.17) is 4.74 Å². The monoisotopic (exact) mass is 343 g/mol. The van der Waals surface area contributed by atoms with Crippen LogP contribution in [0.4, 0.5) is 4.39 Å². The van der Waals surface area contributed by atoms with Gasteiger partial charge >= 0.3 is 5.97 Å². The number of halogens is 1. The van der Waals surface area contributed by atoms with Gasteiger partial charge in [0.1, 0.15) is 5.82 Å². The normalized spacial score (nSPS) is 20.7. The largest absolute Gasteiger partial charge is 0.449 e. The van der Waals surface area contributed by atoms with Gasteiger partial charge in [0.2, 0.25) is 0 Å². The molecule has 1 aliphatic rings. The molecule has 126 valence electrons. The van der Waals surface area contributed by atoms with E-state index in [2.05, 4.69) is 0 Å². The van der Waals surface area contributed by atoms with Crippen LogP contribution in [0.2, 0.25) is 0 Å². The lowest BCUT2D eigenvalue weighted by atomic mass is 10.2. The molecule has 2 atom stereocenters. The number of sulfone groups is 1. The molecule has 0 aromatic heterocycles. The number of rotatable bonds is 4. The first-order valence-corrected chi connectivity index (χ1v) is 8.96. The lowest BCUT2D eigenvalue weighted by Gasteiger charge is -2.26. The molecule has 0 aliphatic carbocycles. The van der Waals surface area contributed by atoms with E-state index in [0.29, 0.717) is 6.42 Å². The van der Waals surface area contributed by atoms with Crippen LogP contribution < -0.4 is 0 Å². The Bertz CT molecular complexity index is 718. The molecule has 2 rings (SSSR count). The van der Waals surface area contributed by atoms with Crippen molar-refractivity contribution in [3.8, 4) is 0 Å². The Balaban J connectivity index is 2.00. The summed E-state index contributed by atoms with van der Waals surface area (Å²) in [5.74, 6) is -2.23. The van der Waals surface area contributed by atoms with Crippen molar-refractivity contribution in [3.63, 3.8) is 0 Å². The van der Waals surface area contributed by atoms with Gasteiger partial charge in [-0.2, -0.15) is 0 Å². The summed E-state index contributed by atoms with van der Waals surface area (Å²) in [5, 5.41) is 0. The Labute approximate surface area is 134 Å². The maximum atomic E-state index is 13.5. The van der Waals surface area contributed by atoms with E-state index in [1.54, 1.807) is 0 Å². The molecule has 23 heavy (non-hydrogen) atoms. The molecule has 0 spiro atoms. The predicted octanol–water partition coefficient (Wildman–Crippen LogP) is 1.02. The molecule has 1 heterocycles. The highest BCUT2D eigenvalue weighted by Crippen LogP contribution is 2.18. The fourth-order valence-electron chi connectivity index (χ4n) is 2.45. The van der Waals surface area contributed by atoms with Crippen LogP contribution in [0.15, 0.2) is 24.3 Å². The van der Waals surface area contributed by atoms with E-state index >= 15 is 0 Å². The molecule has 1 amide bonds.